The molecule has 2 aromatic rings. The second-order valence-corrected chi connectivity index (χ2v) is 5.01. The highest BCUT2D eigenvalue weighted by atomic mass is 79.9. The standard InChI is InChI=1S/C13H10BrN3O3/c1-8-2-3-11(17(19)20)10(6-8)13(18)16-12-7-9(14)4-5-15-12/h2-7H,1H3,(H,15,16,18). The largest absolute Gasteiger partial charge is 0.306 e. The molecule has 0 aliphatic carbocycles. The Labute approximate surface area is 123 Å². The van der Waals surface area contributed by atoms with Gasteiger partial charge in [-0.2, -0.15) is 0 Å². The van der Waals surface area contributed by atoms with Crippen LogP contribution in [0.4, 0.5) is 11.5 Å². The van der Waals surface area contributed by atoms with Crippen molar-refractivity contribution >= 4 is 33.3 Å². The molecule has 0 saturated carbocycles. The summed E-state index contributed by atoms with van der Waals surface area (Å²) in [5.74, 6) is -0.244. The zero-order valence-electron chi connectivity index (χ0n) is 10.5. The molecule has 0 radical (unpaired) electrons. The van der Waals surface area contributed by atoms with E-state index in [1.54, 1.807) is 25.1 Å². The van der Waals surface area contributed by atoms with Gasteiger partial charge < -0.3 is 5.32 Å². The Balaban J connectivity index is 2.34. The molecule has 0 aliphatic rings. The maximum Gasteiger partial charge on any atom is 0.282 e. The van der Waals surface area contributed by atoms with Crippen LogP contribution in [0.15, 0.2) is 41.0 Å². The molecule has 1 aromatic carbocycles. The van der Waals surface area contributed by atoms with Crippen LogP contribution in [0.25, 0.3) is 0 Å². The number of nitro benzene ring substituents is 1. The Morgan fingerprint density at radius 3 is 2.75 bits per heavy atom. The number of aryl methyl sites for hydroxylation is 1. The van der Waals surface area contributed by atoms with Crippen LogP contribution in [0, 0.1) is 17.0 Å². The second kappa shape index (κ2) is 5.79. The van der Waals surface area contributed by atoms with Crippen LogP contribution >= 0.6 is 15.9 Å². The van der Waals surface area contributed by atoms with Gasteiger partial charge in [0.2, 0.25) is 0 Å². The van der Waals surface area contributed by atoms with E-state index in [4.69, 9.17) is 0 Å². The summed E-state index contributed by atoms with van der Waals surface area (Å²) < 4.78 is 0.751. The second-order valence-electron chi connectivity index (χ2n) is 4.09. The predicted octanol–water partition coefficient (Wildman–Crippen LogP) is 3.31. The van der Waals surface area contributed by atoms with Gasteiger partial charge in [0.1, 0.15) is 11.4 Å². The highest BCUT2D eigenvalue weighted by Crippen LogP contribution is 2.21. The molecule has 1 N–H and O–H groups in total. The van der Waals surface area contributed by atoms with Gasteiger partial charge in [-0.05, 0) is 30.7 Å². The molecule has 0 saturated heterocycles. The first kappa shape index (κ1) is 14.1. The summed E-state index contributed by atoms with van der Waals surface area (Å²) in [5.41, 5.74) is 0.544. The molecule has 0 fully saturated rings. The van der Waals surface area contributed by atoms with Crippen molar-refractivity contribution in [2.24, 2.45) is 0 Å². The monoisotopic (exact) mass is 335 g/mol. The average Bonchev–Trinajstić information content (AvgIpc) is 2.38. The Bertz CT molecular complexity index is 688. The molecule has 102 valence electrons. The quantitative estimate of drug-likeness (QED) is 0.688. The van der Waals surface area contributed by atoms with Crippen molar-refractivity contribution in [2.75, 3.05) is 5.32 Å². The zero-order valence-corrected chi connectivity index (χ0v) is 12.0. The minimum atomic E-state index is -0.581. The van der Waals surface area contributed by atoms with E-state index in [1.165, 1.54) is 18.3 Å². The molecule has 20 heavy (non-hydrogen) atoms. The molecule has 1 aromatic heterocycles. The molecule has 0 spiro atoms. The number of pyridine rings is 1. The number of carbonyl (C=O) groups is 1. The van der Waals surface area contributed by atoms with Crippen LogP contribution in [0.5, 0.6) is 0 Å². The summed E-state index contributed by atoms with van der Waals surface area (Å²) in [5, 5.41) is 13.5. The molecular weight excluding hydrogens is 326 g/mol. The number of hydrogen-bond donors (Lipinski definition) is 1. The maximum absolute atomic E-state index is 12.1. The summed E-state index contributed by atoms with van der Waals surface area (Å²) in [6.07, 6.45) is 1.52. The third-order valence-electron chi connectivity index (χ3n) is 2.56. The van der Waals surface area contributed by atoms with E-state index in [0.717, 1.165) is 10.0 Å². The highest BCUT2D eigenvalue weighted by molar-refractivity contribution is 9.10. The molecule has 0 unspecified atom stereocenters. The number of nitro groups is 1. The summed E-state index contributed by atoms with van der Waals surface area (Å²) >= 11 is 3.26. The Kier molecular flexibility index (Phi) is 4.09. The summed E-state index contributed by atoms with van der Waals surface area (Å²) in [6.45, 7) is 1.76. The van der Waals surface area contributed by atoms with E-state index >= 15 is 0 Å². The third-order valence-corrected chi connectivity index (χ3v) is 3.05. The molecule has 1 heterocycles. The molecule has 1 amide bonds. The van der Waals surface area contributed by atoms with Gasteiger partial charge in [0.15, 0.2) is 0 Å². The molecule has 0 atom stereocenters. The van der Waals surface area contributed by atoms with Crippen molar-refractivity contribution < 1.29 is 9.72 Å². The number of anilines is 1. The van der Waals surface area contributed by atoms with Crippen molar-refractivity contribution in [3.63, 3.8) is 0 Å². The van der Waals surface area contributed by atoms with Crippen LogP contribution in [-0.2, 0) is 0 Å². The highest BCUT2D eigenvalue weighted by Gasteiger charge is 2.20. The van der Waals surface area contributed by atoms with Crippen molar-refractivity contribution in [3.8, 4) is 0 Å². The van der Waals surface area contributed by atoms with Crippen LogP contribution < -0.4 is 5.32 Å². The lowest BCUT2D eigenvalue weighted by molar-refractivity contribution is -0.385. The number of carbonyl (C=O) groups excluding carboxylic acids is 1. The van der Waals surface area contributed by atoms with Crippen LogP contribution in [0.3, 0.4) is 0 Å². The van der Waals surface area contributed by atoms with Crippen molar-refractivity contribution in [1.82, 2.24) is 4.98 Å². The number of rotatable bonds is 3. The minimum Gasteiger partial charge on any atom is -0.306 e. The van der Waals surface area contributed by atoms with Gasteiger partial charge in [-0.25, -0.2) is 4.98 Å². The third kappa shape index (κ3) is 3.18. The van der Waals surface area contributed by atoms with Gasteiger partial charge in [0, 0.05) is 16.7 Å². The first-order chi connectivity index (χ1) is 9.47. The maximum atomic E-state index is 12.1. The van der Waals surface area contributed by atoms with Gasteiger partial charge in [-0.15, -0.1) is 0 Å². The number of benzene rings is 1. The molecule has 0 bridgehead atoms. The summed E-state index contributed by atoms with van der Waals surface area (Å²) in [7, 11) is 0. The molecule has 7 heteroatoms. The number of aromatic nitrogens is 1. The molecule has 0 aliphatic heterocycles. The SMILES string of the molecule is Cc1ccc([N+](=O)[O-])c(C(=O)Nc2cc(Br)ccn2)c1. The van der Waals surface area contributed by atoms with E-state index < -0.39 is 10.8 Å². The van der Waals surface area contributed by atoms with Gasteiger partial charge in [0.05, 0.1) is 4.92 Å². The van der Waals surface area contributed by atoms with E-state index in [9.17, 15) is 14.9 Å². The number of halogens is 1. The lowest BCUT2D eigenvalue weighted by Crippen LogP contribution is -2.15. The normalized spacial score (nSPS) is 10.1. The molecule has 6 nitrogen and oxygen atoms in total. The van der Waals surface area contributed by atoms with Crippen molar-refractivity contribution in [2.45, 2.75) is 6.92 Å². The summed E-state index contributed by atoms with van der Waals surface area (Å²) in [4.78, 5) is 26.5. The number of hydrogen-bond acceptors (Lipinski definition) is 4. The molecular formula is C13H10BrN3O3. The molecule has 2 rings (SSSR count). The fraction of sp³-hybridized carbons (Fsp3) is 0.0769. The van der Waals surface area contributed by atoms with E-state index in [-0.39, 0.29) is 11.3 Å². The lowest BCUT2D eigenvalue weighted by Gasteiger charge is -2.06. The Hall–Kier alpha value is -2.28. The Morgan fingerprint density at radius 2 is 2.10 bits per heavy atom. The smallest absolute Gasteiger partial charge is 0.282 e. The van der Waals surface area contributed by atoms with Crippen molar-refractivity contribution in [1.29, 1.82) is 0 Å². The summed E-state index contributed by atoms with van der Waals surface area (Å²) in [6, 6.07) is 7.71. The number of nitrogens with one attached hydrogen (secondary N) is 1. The van der Waals surface area contributed by atoms with Gasteiger partial charge in [-0.3, -0.25) is 14.9 Å². The zero-order chi connectivity index (χ0) is 14.7. The van der Waals surface area contributed by atoms with E-state index in [0.29, 0.717) is 5.82 Å². The Morgan fingerprint density at radius 1 is 1.35 bits per heavy atom. The number of nitrogens with zero attached hydrogens (tertiary/aromatic N) is 2. The number of amides is 1. The minimum absolute atomic E-state index is 0.0109. The average molecular weight is 336 g/mol. The lowest BCUT2D eigenvalue weighted by atomic mass is 10.1. The first-order valence-corrected chi connectivity index (χ1v) is 6.44. The fourth-order valence-electron chi connectivity index (χ4n) is 1.65. The predicted molar refractivity (Wildman–Crippen MR) is 77.7 cm³/mol. The first-order valence-electron chi connectivity index (χ1n) is 5.65. The van der Waals surface area contributed by atoms with Gasteiger partial charge in [0.25, 0.3) is 11.6 Å². The van der Waals surface area contributed by atoms with E-state index in [1.807, 2.05) is 0 Å². The van der Waals surface area contributed by atoms with Crippen LogP contribution in [-0.4, -0.2) is 15.8 Å². The van der Waals surface area contributed by atoms with Gasteiger partial charge in [-0.1, -0.05) is 22.0 Å². The van der Waals surface area contributed by atoms with Gasteiger partial charge >= 0.3 is 0 Å². The van der Waals surface area contributed by atoms with Crippen molar-refractivity contribution in [3.05, 3.63) is 62.2 Å². The van der Waals surface area contributed by atoms with E-state index in [2.05, 4.69) is 26.2 Å². The van der Waals surface area contributed by atoms with Crippen LogP contribution in [0.2, 0.25) is 0 Å². The topological polar surface area (TPSA) is 85.1 Å². The van der Waals surface area contributed by atoms with Crippen LogP contribution in [0.1, 0.15) is 15.9 Å². The fourth-order valence-corrected chi connectivity index (χ4v) is 1.98.